The van der Waals surface area contributed by atoms with E-state index in [1.54, 1.807) is 0 Å². The molecular weight excluding hydrogens is 364 g/mol. The van der Waals surface area contributed by atoms with E-state index >= 15 is 0 Å². The maximum atomic E-state index is 13.3. The van der Waals surface area contributed by atoms with Crippen LogP contribution in [0.3, 0.4) is 0 Å². The first kappa shape index (κ1) is 19.8. The van der Waals surface area contributed by atoms with E-state index in [-0.39, 0.29) is 12.0 Å². The molecule has 1 fully saturated rings. The van der Waals surface area contributed by atoms with E-state index in [0.717, 1.165) is 54.9 Å². The second-order valence-electron chi connectivity index (χ2n) is 8.03. The zero-order chi connectivity index (χ0) is 20.3. The molecule has 5 heteroatoms. The van der Waals surface area contributed by atoms with Gasteiger partial charge in [0.25, 0.3) is 5.91 Å². The Morgan fingerprint density at radius 1 is 1.24 bits per heavy atom. The van der Waals surface area contributed by atoms with Gasteiger partial charge in [0.2, 0.25) is 0 Å². The molecule has 0 aliphatic carbocycles. The molecule has 0 bridgehead atoms. The van der Waals surface area contributed by atoms with E-state index in [0.29, 0.717) is 13.2 Å². The van der Waals surface area contributed by atoms with Crippen LogP contribution in [0.25, 0.3) is 0 Å². The summed E-state index contributed by atoms with van der Waals surface area (Å²) in [6.07, 6.45) is 4.32. The van der Waals surface area contributed by atoms with Gasteiger partial charge in [0.1, 0.15) is 18.0 Å². The smallest absolute Gasteiger partial charge is 0.258 e. The molecule has 2 aromatic rings. The SMILES string of the molecule is CCCCN1C(=O)c2ccccc2NC1(C)c1cccc(OCC2CCCO2)c1. The lowest BCUT2D eigenvalue weighted by molar-refractivity contribution is 0.0529. The number of anilines is 1. The van der Waals surface area contributed by atoms with Crippen molar-refractivity contribution >= 4 is 11.6 Å². The van der Waals surface area contributed by atoms with Gasteiger partial charge in [0, 0.05) is 24.4 Å². The van der Waals surface area contributed by atoms with Crippen LogP contribution in [-0.2, 0) is 10.4 Å². The summed E-state index contributed by atoms with van der Waals surface area (Å²) < 4.78 is 11.7. The van der Waals surface area contributed by atoms with Crippen LogP contribution in [0.5, 0.6) is 5.75 Å². The van der Waals surface area contributed by atoms with E-state index in [9.17, 15) is 4.79 Å². The highest BCUT2D eigenvalue weighted by Crippen LogP contribution is 2.38. The third-order valence-electron chi connectivity index (χ3n) is 5.91. The Bertz CT molecular complexity index is 863. The van der Waals surface area contributed by atoms with Crippen molar-refractivity contribution in [2.75, 3.05) is 25.1 Å². The molecule has 0 radical (unpaired) electrons. The maximum Gasteiger partial charge on any atom is 0.258 e. The molecule has 5 nitrogen and oxygen atoms in total. The quantitative estimate of drug-likeness (QED) is 0.734. The fraction of sp³-hybridized carbons (Fsp3) is 0.458. The molecule has 1 N–H and O–H groups in total. The maximum absolute atomic E-state index is 13.3. The lowest BCUT2D eigenvalue weighted by Crippen LogP contribution is -2.56. The van der Waals surface area contributed by atoms with Crippen molar-refractivity contribution in [3.05, 3.63) is 59.7 Å². The Hall–Kier alpha value is -2.53. The largest absolute Gasteiger partial charge is 0.491 e. The lowest BCUT2D eigenvalue weighted by atomic mass is 9.93. The van der Waals surface area contributed by atoms with E-state index < -0.39 is 5.66 Å². The van der Waals surface area contributed by atoms with Crippen molar-refractivity contribution in [1.29, 1.82) is 0 Å². The number of ether oxygens (including phenoxy) is 2. The number of nitrogens with one attached hydrogen (secondary N) is 1. The van der Waals surface area contributed by atoms with Gasteiger partial charge in [0.05, 0.1) is 11.7 Å². The number of unbranched alkanes of at least 4 members (excludes halogenated alkanes) is 1. The first-order chi connectivity index (χ1) is 14.1. The van der Waals surface area contributed by atoms with Gasteiger partial charge in [-0.15, -0.1) is 0 Å². The zero-order valence-corrected chi connectivity index (χ0v) is 17.3. The van der Waals surface area contributed by atoms with Crippen LogP contribution >= 0.6 is 0 Å². The van der Waals surface area contributed by atoms with E-state index in [1.807, 2.05) is 47.4 Å². The molecule has 2 atom stereocenters. The summed E-state index contributed by atoms with van der Waals surface area (Å²) in [4.78, 5) is 15.3. The second-order valence-corrected chi connectivity index (χ2v) is 8.03. The summed E-state index contributed by atoms with van der Waals surface area (Å²) in [5.41, 5.74) is 1.98. The molecule has 0 aromatic heterocycles. The molecule has 4 rings (SSSR count). The van der Waals surface area contributed by atoms with Crippen molar-refractivity contribution in [3.8, 4) is 5.75 Å². The minimum Gasteiger partial charge on any atom is -0.491 e. The van der Waals surface area contributed by atoms with Crippen LogP contribution in [-0.4, -0.2) is 36.7 Å². The zero-order valence-electron chi connectivity index (χ0n) is 17.3. The number of nitrogens with zero attached hydrogens (tertiary/aromatic N) is 1. The monoisotopic (exact) mass is 394 g/mol. The molecule has 0 saturated carbocycles. The van der Waals surface area contributed by atoms with Gasteiger partial charge in [-0.2, -0.15) is 0 Å². The van der Waals surface area contributed by atoms with Crippen molar-refractivity contribution in [1.82, 2.24) is 4.90 Å². The van der Waals surface area contributed by atoms with Crippen LogP contribution in [0.2, 0.25) is 0 Å². The molecule has 29 heavy (non-hydrogen) atoms. The lowest BCUT2D eigenvalue weighted by Gasteiger charge is -2.47. The van der Waals surface area contributed by atoms with Crippen LogP contribution in [0.1, 0.15) is 55.5 Å². The number of hydrogen-bond acceptors (Lipinski definition) is 4. The third kappa shape index (κ3) is 3.97. The molecule has 2 aliphatic rings. The molecule has 0 spiro atoms. The number of benzene rings is 2. The van der Waals surface area contributed by atoms with E-state index in [2.05, 4.69) is 25.2 Å². The fourth-order valence-electron chi connectivity index (χ4n) is 4.18. The Labute approximate surface area is 173 Å². The van der Waals surface area contributed by atoms with Crippen molar-refractivity contribution in [2.24, 2.45) is 0 Å². The summed E-state index contributed by atoms with van der Waals surface area (Å²) in [5.74, 6) is 0.878. The number of hydrogen-bond donors (Lipinski definition) is 1. The summed E-state index contributed by atoms with van der Waals surface area (Å²) >= 11 is 0. The van der Waals surface area contributed by atoms with E-state index in [1.165, 1.54) is 0 Å². The van der Waals surface area contributed by atoms with E-state index in [4.69, 9.17) is 9.47 Å². The standard InChI is InChI=1S/C24H30N2O3/c1-3-4-14-26-23(27)21-12-5-6-13-22(21)25-24(26,2)18-9-7-10-19(16-18)29-17-20-11-8-15-28-20/h5-7,9-10,12-13,16,20,25H,3-4,8,11,14-15,17H2,1-2H3. The van der Waals surface area contributed by atoms with Crippen LogP contribution in [0.15, 0.2) is 48.5 Å². The first-order valence-corrected chi connectivity index (χ1v) is 10.7. The number of rotatable bonds is 7. The number of carbonyl (C=O) groups excluding carboxylic acids is 1. The summed E-state index contributed by atoms with van der Waals surface area (Å²) in [6.45, 7) is 6.31. The molecule has 1 saturated heterocycles. The fourth-order valence-corrected chi connectivity index (χ4v) is 4.18. The number of fused-ring (bicyclic) bond motifs is 1. The Kier molecular flexibility index (Phi) is 5.76. The van der Waals surface area contributed by atoms with Crippen LogP contribution < -0.4 is 10.1 Å². The van der Waals surface area contributed by atoms with Gasteiger partial charge in [0.15, 0.2) is 0 Å². The predicted octanol–water partition coefficient (Wildman–Crippen LogP) is 4.79. The third-order valence-corrected chi connectivity index (χ3v) is 5.91. The molecule has 2 aromatic carbocycles. The minimum absolute atomic E-state index is 0.0703. The Balaban J connectivity index is 1.63. The van der Waals surface area contributed by atoms with Gasteiger partial charge in [-0.3, -0.25) is 4.79 Å². The average molecular weight is 395 g/mol. The average Bonchev–Trinajstić information content (AvgIpc) is 3.26. The normalized spacial score (nSPS) is 23.6. The van der Waals surface area contributed by atoms with Crippen molar-refractivity contribution in [2.45, 2.75) is 51.3 Å². The molecule has 1 amide bonds. The highest BCUT2D eigenvalue weighted by atomic mass is 16.5. The summed E-state index contributed by atoms with van der Waals surface area (Å²) in [5, 5.41) is 3.63. The highest BCUT2D eigenvalue weighted by molar-refractivity contribution is 6.02. The minimum atomic E-state index is -0.635. The van der Waals surface area contributed by atoms with Crippen LogP contribution in [0.4, 0.5) is 5.69 Å². The number of amides is 1. The Morgan fingerprint density at radius 2 is 2.10 bits per heavy atom. The molecule has 154 valence electrons. The molecule has 2 unspecified atom stereocenters. The Morgan fingerprint density at radius 3 is 2.90 bits per heavy atom. The van der Waals surface area contributed by atoms with Crippen molar-refractivity contribution < 1.29 is 14.3 Å². The van der Waals surface area contributed by atoms with Gasteiger partial charge < -0.3 is 19.7 Å². The van der Waals surface area contributed by atoms with Gasteiger partial charge in [-0.25, -0.2) is 0 Å². The van der Waals surface area contributed by atoms with Gasteiger partial charge in [-0.1, -0.05) is 37.6 Å². The molecule has 2 aliphatic heterocycles. The number of carbonyl (C=O) groups is 1. The molecule has 2 heterocycles. The second kappa shape index (κ2) is 8.46. The highest BCUT2D eigenvalue weighted by Gasteiger charge is 2.42. The van der Waals surface area contributed by atoms with Crippen molar-refractivity contribution in [3.63, 3.8) is 0 Å². The molecular formula is C24H30N2O3. The summed E-state index contributed by atoms with van der Waals surface area (Å²) in [7, 11) is 0. The van der Waals surface area contributed by atoms with Crippen LogP contribution in [0, 0.1) is 0 Å². The van der Waals surface area contributed by atoms with Gasteiger partial charge >= 0.3 is 0 Å². The van der Waals surface area contributed by atoms with Gasteiger partial charge in [-0.05, 0) is 50.5 Å². The topological polar surface area (TPSA) is 50.8 Å². The first-order valence-electron chi connectivity index (χ1n) is 10.7. The summed E-state index contributed by atoms with van der Waals surface area (Å²) in [6, 6.07) is 15.8. The number of para-hydroxylation sites is 1. The predicted molar refractivity (Wildman–Crippen MR) is 114 cm³/mol.